The van der Waals surface area contributed by atoms with Gasteiger partial charge in [-0.15, -0.1) is 0 Å². The number of halogens is 1. The van der Waals surface area contributed by atoms with Gasteiger partial charge in [0, 0.05) is 20.2 Å². The van der Waals surface area contributed by atoms with Crippen molar-refractivity contribution < 1.29 is 13.9 Å². The van der Waals surface area contributed by atoms with Crippen LogP contribution in [0.25, 0.3) is 5.70 Å². The molecule has 0 amide bonds. The molecule has 0 aliphatic heterocycles. The summed E-state index contributed by atoms with van der Waals surface area (Å²) >= 11 is 0. The van der Waals surface area contributed by atoms with E-state index in [1.165, 1.54) is 12.0 Å². The molecule has 17 heavy (non-hydrogen) atoms. The van der Waals surface area contributed by atoms with E-state index in [1.807, 2.05) is 0 Å². The molecule has 5 nitrogen and oxygen atoms in total. The molecule has 1 rings (SSSR count). The fourth-order valence-electron chi connectivity index (χ4n) is 1.35. The zero-order chi connectivity index (χ0) is 13.0. The smallest absolute Gasteiger partial charge is 0.213 e. The van der Waals surface area contributed by atoms with Crippen LogP contribution < -0.4 is 10.5 Å². The van der Waals surface area contributed by atoms with E-state index >= 15 is 0 Å². The Kier molecular flexibility index (Phi) is 4.03. The van der Waals surface area contributed by atoms with Crippen LogP contribution in [-0.2, 0) is 4.79 Å². The first-order chi connectivity index (χ1) is 8.01. The van der Waals surface area contributed by atoms with Crippen LogP contribution in [0.1, 0.15) is 5.69 Å². The van der Waals surface area contributed by atoms with E-state index in [0.717, 1.165) is 0 Å². The average molecular weight is 239 g/mol. The largest absolute Gasteiger partial charge is 0.481 e. The summed E-state index contributed by atoms with van der Waals surface area (Å²) in [6, 6.07) is 3.10. The molecule has 1 aromatic heterocycles. The van der Waals surface area contributed by atoms with Gasteiger partial charge in [0.05, 0.1) is 12.8 Å². The van der Waals surface area contributed by atoms with Crippen LogP contribution in [0.3, 0.4) is 0 Å². The van der Waals surface area contributed by atoms with Gasteiger partial charge < -0.3 is 15.4 Å². The topological polar surface area (TPSA) is 68.5 Å². The second kappa shape index (κ2) is 5.29. The first kappa shape index (κ1) is 13.0. The molecule has 0 atom stereocenters. The van der Waals surface area contributed by atoms with Gasteiger partial charge in [0.1, 0.15) is 11.4 Å². The maximum atomic E-state index is 13.5. The third kappa shape index (κ3) is 2.72. The van der Waals surface area contributed by atoms with Gasteiger partial charge in [0.15, 0.2) is 12.1 Å². The Hall–Kier alpha value is -2.11. The predicted octanol–water partition coefficient (Wildman–Crippen LogP) is 1.07. The maximum absolute atomic E-state index is 13.5. The Morgan fingerprint density at radius 1 is 1.53 bits per heavy atom. The highest BCUT2D eigenvalue weighted by molar-refractivity contribution is 5.86. The molecule has 0 aromatic carbocycles. The zero-order valence-corrected chi connectivity index (χ0v) is 9.90. The number of aldehydes is 1. The molecule has 1 aromatic rings. The molecule has 2 N–H and O–H groups in total. The number of allylic oxidation sites excluding steroid dienone is 1. The Balaban J connectivity index is 3.43. The summed E-state index contributed by atoms with van der Waals surface area (Å²) < 4.78 is 18.4. The Morgan fingerprint density at radius 3 is 2.65 bits per heavy atom. The van der Waals surface area contributed by atoms with Crippen LogP contribution >= 0.6 is 0 Å². The minimum Gasteiger partial charge on any atom is -0.481 e. The molecule has 0 aliphatic rings. The van der Waals surface area contributed by atoms with Gasteiger partial charge in [0.2, 0.25) is 5.88 Å². The van der Waals surface area contributed by atoms with Gasteiger partial charge in [-0.2, -0.15) is 0 Å². The maximum Gasteiger partial charge on any atom is 0.213 e. The molecule has 0 unspecified atom stereocenters. The Labute approximate surface area is 98.7 Å². The lowest BCUT2D eigenvalue weighted by atomic mass is 10.2. The van der Waals surface area contributed by atoms with E-state index in [2.05, 4.69) is 4.98 Å². The van der Waals surface area contributed by atoms with Gasteiger partial charge >= 0.3 is 0 Å². The zero-order valence-electron chi connectivity index (χ0n) is 9.90. The summed E-state index contributed by atoms with van der Waals surface area (Å²) in [6.45, 7) is 0. The van der Waals surface area contributed by atoms with Crippen molar-refractivity contribution >= 4 is 17.7 Å². The molecule has 0 fully saturated rings. The molecule has 0 saturated heterocycles. The monoisotopic (exact) mass is 239 g/mol. The molecule has 0 spiro atoms. The lowest BCUT2D eigenvalue weighted by molar-refractivity contribution is -0.106. The highest BCUT2D eigenvalue weighted by Crippen LogP contribution is 2.26. The first-order valence-electron chi connectivity index (χ1n) is 4.84. The molecule has 6 heteroatoms. The highest BCUT2D eigenvalue weighted by atomic mass is 19.1. The number of anilines is 1. The lowest BCUT2D eigenvalue weighted by Gasteiger charge is -2.18. The van der Waals surface area contributed by atoms with Crippen LogP contribution in [0.2, 0.25) is 0 Å². The fraction of sp³-hybridized carbons (Fsp3) is 0.273. The van der Waals surface area contributed by atoms with E-state index in [4.69, 9.17) is 10.5 Å². The van der Waals surface area contributed by atoms with Crippen molar-refractivity contribution in [2.45, 2.75) is 0 Å². The quantitative estimate of drug-likeness (QED) is 0.628. The van der Waals surface area contributed by atoms with Gasteiger partial charge in [-0.3, -0.25) is 4.79 Å². The van der Waals surface area contributed by atoms with Gasteiger partial charge in [-0.05, 0) is 6.07 Å². The van der Waals surface area contributed by atoms with Crippen molar-refractivity contribution in [3.63, 3.8) is 0 Å². The van der Waals surface area contributed by atoms with Crippen LogP contribution in [0, 0.1) is 0 Å². The summed E-state index contributed by atoms with van der Waals surface area (Å²) in [4.78, 5) is 16.0. The highest BCUT2D eigenvalue weighted by Gasteiger charge is 2.16. The summed E-state index contributed by atoms with van der Waals surface area (Å²) in [7, 11) is 4.63. The molecule has 0 saturated carbocycles. The van der Waals surface area contributed by atoms with E-state index in [9.17, 15) is 9.18 Å². The Morgan fingerprint density at radius 2 is 2.18 bits per heavy atom. The van der Waals surface area contributed by atoms with E-state index in [-0.39, 0.29) is 23.4 Å². The van der Waals surface area contributed by atoms with Crippen molar-refractivity contribution in [3.05, 3.63) is 23.7 Å². The standard InChI is InChI=1S/C11H14FN3O2/c1-15(2)11(7(12)6-16)10-8(13)4-5-9(14-10)17-3/h4-6H,13H2,1-3H3. The number of ether oxygens (including phenoxy) is 1. The third-order valence-corrected chi connectivity index (χ3v) is 2.11. The predicted molar refractivity (Wildman–Crippen MR) is 63.0 cm³/mol. The number of methoxy groups -OCH3 is 1. The van der Waals surface area contributed by atoms with Crippen LogP contribution in [0.15, 0.2) is 18.0 Å². The number of nitrogens with zero attached hydrogens (tertiary/aromatic N) is 2. The second-order valence-corrected chi connectivity index (χ2v) is 3.50. The number of carbonyl (C=O) groups excluding carboxylic acids is 1. The van der Waals surface area contributed by atoms with Crippen LogP contribution in [-0.4, -0.2) is 37.4 Å². The van der Waals surface area contributed by atoms with E-state index < -0.39 is 5.83 Å². The van der Waals surface area contributed by atoms with Gasteiger partial charge in [0.25, 0.3) is 0 Å². The number of nitrogens with two attached hydrogens (primary N) is 1. The molecule has 0 radical (unpaired) electrons. The molecule has 92 valence electrons. The minimum absolute atomic E-state index is 0.0244. The SMILES string of the molecule is COc1ccc(N)c(C(=C(F)C=O)N(C)C)n1. The number of pyridine rings is 1. The van der Waals surface area contributed by atoms with E-state index in [0.29, 0.717) is 5.88 Å². The molecule has 1 heterocycles. The van der Waals surface area contributed by atoms with Crippen molar-refractivity contribution in [1.29, 1.82) is 0 Å². The normalized spacial score (nSPS) is 11.8. The number of rotatable bonds is 4. The molecule has 0 aliphatic carbocycles. The number of nitrogen functional groups attached to an aromatic ring is 1. The van der Waals surface area contributed by atoms with Crippen LogP contribution in [0.5, 0.6) is 5.88 Å². The van der Waals surface area contributed by atoms with Crippen molar-refractivity contribution in [2.24, 2.45) is 0 Å². The molecule has 0 bridgehead atoms. The summed E-state index contributed by atoms with van der Waals surface area (Å²) in [5.41, 5.74) is 6.19. The minimum atomic E-state index is -0.928. The second-order valence-electron chi connectivity index (χ2n) is 3.50. The van der Waals surface area contributed by atoms with Crippen molar-refractivity contribution in [1.82, 2.24) is 9.88 Å². The van der Waals surface area contributed by atoms with E-state index in [1.54, 1.807) is 26.2 Å². The molecular formula is C11H14FN3O2. The number of hydrogen-bond donors (Lipinski definition) is 1. The van der Waals surface area contributed by atoms with Crippen molar-refractivity contribution in [2.75, 3.05) is 26.9 Å². The number of aromatic nitrogens is 1. The molecular weight excluding hydrogens is 225 g/mol. The Bertz CT molecular complexity index is 458. The summed E-state index contributed by atoms with van der Waals surface area (Å²) in [5, 5.41) is 0. The lowest BCUT2D eigenvalue weighted by Crippen LogP contribution is -2.15. The summed E-state index contributed by atoms with van der Waals surface area (Å²) in [6.07, 6.45) is 0.121. The fourth-order valence-corrected chi connectivity index (χ4v) is 1.35. The number of carbonyl (C=O) groups is 1. The number of hydrogen-bond acceptors (Lipinski definition) is 5. The average Bonchev–Trinajstić information content (AvgIpc) is 2.31. The van der Waals surface area contributed by atoms with Gasteiger partial charge in [-0.25, -0.2) is 9.37 Å². The van der Waals surface area contributed by atoms with Crippen LogP contribution in [0.4, 0.5) is 10.1 Å². The first-order valence-corrected chi connectivity index (χ1v) is 4.84. The third-order valence-electron chi connectivity index (χ3n) is 2.11. The van der Waals surface area contributed by atoms with Gasteiger partial charge in [-0.1, -0.05) is 0 Å². The van der Waals surface area contributed by atoms with Crippen molar-refractivity contribution in [3.8, 4) is 5.88 Å². The summed E-state index contributed by atoms with van der Waals surface area (Å²) in [5.74, 6) is -0.630.